The van der Waals surface area contributed by atoms with Crippen molar-refractivity contribution in [1.82, 2.24) is 5.32 Å². The van der Waals surface area contributed by atoms with Crippen molar-refractivity contribution in [3.8, 4) is 5.75 Å². The average Bonchev–Trinajstić information content (AvgIpc) is 2.28. The van der Waals surface area contributed by atoms with E-state index in [0.717, 1.165) is 0 Å². The van der Waals surface area contributed by atoms with Gasteiger partial charge in [0.1, 0.15) is 11.9 Å². The molecule has 0 aromatic heterocycles. The molecule has 16 heavy (non-hydrogen) atoms. The molecular weight excluding hydrogens is 230 g/mol. The van der Waals surface area contributed by atoms with Crippen LogP contribution in [0.5, 0.6) is 5.75 Å². The molecule has 1 aromatic carbocycles. The van der Waals surface area contributed by atoms with E-state index in [0.29, 0.717) is 18.5 Å². The first-order chi connectivity index (χ1) is 7.56. The van der Waals surface area contributed by atoms with Gasteiger partial charge in [-0.15, -0.1) is 0 Å². The molecule has 5 heteroatoms. The maximum absolute atomic E-state index is 9.81. The molecule has 0 aliphatic rings. The molecule has 0 aliphatic carbocycles. The largest absolute Gasteiger partial charge is 0.506 e. The number of aliphatic hydroxyl groups is 2. The number of aliphatic hydroxyl groups excluding tert-OH is 2. The van der Waals surface area contributed by atoms with E-state index in [-0.39, 0.29) is 10.8 Å². The molecule has 0 heterocycles. The predicted octanol–water partition coefficient (Wildman–Crippen LogP) is 1.05. The lowest BCUT2D eigenvalue weighted by atomic mass is 10.0. The summed E-state index contributed by atoms with van der Waals surface area (Å²) in [5.41, 5.74) is 0.492. The van der Waals surface area contributed by atoms with Gasteiger partial charge in [-0.3, -0.25) is 0 Å². The second-order valence-electron chi connectivity index (χ2n) is 3.62. The van der Waals surface area contributed by atoms with Crippen molar-refractivity contribution in [2.24, 2.45) is 0 Å². The lowest BCUT2D eigenvalue weighted by molar-refractivity contribution is 0.0140. The Kier molecular flexibility index (Phi) is 5.02. The van der Waals surface area contributed by atoms with Gasteiger partial charge in [0.25, 0.3) is 0 Å². The monoisotopic (exact) mass is 245 g/mol. The molecule has 4 nitrogen and oxygen atoms in total. The van der Waals surface area contributed by atoms with Crippen LogP contribution >= 0.6 is 11.6 Å². The molecule has 0 bridgehead atoms. The van der Waals surface area contributed by atoms with Gasteiger partial charge in [-0.05, 0) is 37.7 Å². The van der Waals surface area contributed by atoms with Crippen LogP contribution in [0.15, 0.2) is 18.2 Å². The molecule has 90 valence electrons. The van der Waals surface area contributed by atoms with Crippen molar-refractivity contribution < 1.29 is 15.3 Å². The lowest BCUT2D eigenvalue weighted by Crippen LogP contribution is -2.23. The van der Waals surface area contributed by atoms with Gasteiger partial charge in [0.15, 0.2) is 0 Å². The van der Waals surface area contributed by atoms with Crippen LogP contribution < -0.4 is 5.32 Å². The molecule has 2 unspecified atom stereocenters. The van der Waals surface area contributed by atoms with E-state index in [1.165, 1.54) is 18.2 Å². The number of rotatable bonds is 5. The molecule has 0 saturated heterocycles. The standard InChI is InChI=1S/C11H16ClNO3/c1-13-5-4-10(15)11(16)7-2-3-9(14)8(12)6-7/h2-3,6,10-11,13-16H,4-5H2,1H3. The molecule has 0 aliphatic heterocycles. The average molecular weight is 246 g/mol. The summed E-state index contributed by atoms with van der Waals surface area (Å²) in [5, 5.41) is 31.8. The van der Waals surface area contributed by atoms with E-state index >= 15 is 0 Å². The highest BCUT2D eigenvalue weighted by Crippen LogP contribution is 2.28. The van der Waals surface area contributed by atoms with Crippen LogP contribution in [0, 0.1) is 0 Å². The topological polar surface area (TPSA) is 72.7 Å². The SMILES string of the molecule is CNCCC(O)C(O)c1ccc(O)c(Cl)c1. The van der Waals surface area contributed by atoms with Gasteiger partial charge in [-0.2, -0.15) is 0 Å². The summed E-state index contributed by atoms with van der Waals surface area (Å²) in [6, 6.07) is 4.38. The Balaban J connectivity index is 2.71. The first-order valence-electron chi connectivity index (χ1n) is 5.05. The molecule has 2 atom stereocenters. The third kappa shape index (κ3) is 3.35. The Labute approximate surface area is 99.5 Å². The number of hydrogen-bond donors (Lipinski definition) is 4. The maximum Gasteiger partial charge on any atom is 0.134 e. The summed E-state index contributed by atoms with van der Waals surface area (Å²) in [4.78, 5) is 0. The van der Waals surface area contributed by atoms with Gasteiger partial charge >= 0.3 is 0 Å². The van der Waals surface area contributed by atoms with Crippen molar-refractivity contribution in [1.29, 1.82) is 0 Å². The van der Waals surface area contributed by atoms with E-state index in [2.05, 4.69) is 5.32 Å². The number of nitrogens with one attached hydrogen (secondary N) is 1. The maximum atomic E-state index is 9.81. The zero-order valence-electron chi connectivity index (χ0n) is 9.02. The Bertz CT molecular complexity index is 346. The molecule has 1 aromatic rings. The molecule has 1 rings (SSSR count). The minimum Gasteiger partial charge on any atom is -0.506 e. The molecule has 0 spiro atoms. The van der Waals surface area contributed by atoms with Gasteiger partial charge in [-0.1, -0.05) is 17.7 Å². The van der Waals surface area contributed by atoms with E-state index in [1.807, 2.05) is 0 Å². The first-order valence-corrected chi connectivity index (χ1v) is 5.43. The van der Waals surface area contributed by atoms with Gasteiger partial charge in [-0.25, -0.2) is 0 Å². The Morgan fingerprint density at radius 1 is 1.38 bits per heavy atom. The highest BCUT2D eigenvalue weighted by molar-refractivity contribution is 6.32. The van der Waals surface area contributed by atoms with Crippen molar-refractivity contribution in [2.75, 3.05) is 13.6 Å². The van der Waals surface area contributed by atoms with Gasteiger partial charge in [0.2, 0.25) is 0 Å². The van der Waals surface area contributed by atoms with Crippen molar-refractivity contribution >= 4 is 11.6 Å². The Hall–Kier alpha value is -0.810. The number of aromatic hydroxyl groups is 1. The van der Waals surface area contributed by atoms with Crippen molar-refractivity contribution in [2.45, 2.75) is 18.6 Å². The van der Waals surface area contributed by atoms with Gasteiger partial charge in [0, 0.05) is 0 Å². The molecular formula is C11H16ClNO3. The number of halogens is 1. The van der Waals surface area contributed by atoms with E-state index < -0.39 is 12.2 Å². The van der Waals surface area contributed by atoms with Crippen molar-refractivity contribution in [3.05, 3.63) is 28.8 Å². The quantitative estimate of drug-likeness (QED) is 0.626. The molecule has 0 fully saturated rings. The number of hydrogen-bond acceptors (Lipinski definition) is 4. The van der Waals surface area contributed by atoms with E-state index in [1.54, 1.807) is 7.05 Å². The zero-order valence-corrected chi connectivity index (χ0v) is 9.78. The van der Waals surface area contributed by atoms with Crippen molar-refractivity contribution in [3.63, 3.8) is 0 Å². The summed E-state index contributed by atoms with van der Waals surface area (Å²) in [7, 11) is 1.77. The number of phenols is 1. The van der Waals surface area contributed by atoms with Gasteiger partial charge < -0.3 is 20.6 Å². The summed E-state index contributed by atoms with van der Waals surface area (Å²) in [6.07, 6.45) is -1.41. The summed E-state index contributed by atoms with van der Waals surface area (Å²) < 4.78 is 0. The van der Waals surface area contributed by atoms with Crippen LogP contribution in [0.4, 0.5) is 0 Å². The third-order valence-electron chi connectivity index (χ3n) is 2.37. The first kappa shape index (κ1) is 13.3. The summed E-state index contributed by atoms with van der Waals surface area (Å²) in [5.74, 6) is -0.0395. The highest BCUT2D eigenvalue weighted by Gasteiger charge is 2.18. The Morgan fingerprint density at radius 3 is 2.62 bits per heavy atom. The fourth-order valence-corrected chi connectivity index (χ4v) is 1.57. The van der Waals surface area contributed by atoms with Crippen LogP contribution in [-0.2, 0) is 0 Å². The van der Waals surface area contributed by atoms with Crippen LogP contribution in [0.3, 0.4) is 0 Å². The summed E-state index contributed by atoms with van der Waals surface area (Å²) in [6.45, 7) is 0.615. The fourth-order valence-electron chi connectivity index (χ4n) is 1.38. The zero-order chi connectivity index (χ0) is 12.1. The normalized spacial score (nSPS) is 14.8. The number of phenolic OH excluding ortho intramolecular Hbond substituents is 1. The minimum absolute atomic E-state index is 0.0395. The molecule has 0 radical (unpaired) electrons. The van der Waals surface area contributed by atoms with Crippen LogP contribution in [0.25, 0.3) is 0 Å². The second kappa shape index (κ2) is 6.06. The third-order valence-corrected chi connectivity index (χ3v) is 2.67. The van der Waals surface area contributed by atoms with Gasteiger partial charge in [0.05, 0.1) is 11.1 Å². The lowest BCUT2D eigenvalue weighted by Gasteiger charge is -2.18. The van der Waals surface area contributed by atoms with Crippen LogP contribution in [0.2, 0.25) is 5.02 Å². The van der Waals surface area contributed by atoms with Crippen LogP contribution in [-0.4, -0.2) is 35.0 Å². The molecule has 4 N–H and O–H groups in total. The number of benzene rings is 1. The minimum atomic E-state index is -0.994. The second-order valence-corrected chi connectivity index (χ2v) is 4.02. The Morgan fingerprint density at radius 2 is 2.06 bits per heavy atom. The van der Waals surface area contributed by atoms with E-state index in [4.69, 9.17) is 11.6 Å². The highest BCUT2D eigenvalue weighted by atomic mass is 35.5. The summed E-state index contributed by atoms with van der Waals surface area (Å²) >= 11 is 5.71. The predicted molar refractivity (Wildman–Crippen MR) is 62.6 cm³/mol. The molecule has 0 amide bonds. The fraction of sp³-hybridized carbons (Fsp3) is 0.455. The van der Waals surface area contributed by atoms with E-state index in [9.17, 15) is 15.3 Å². The van der Waals surface area contributed by atoms with Crippen LogP contribution in [0.1, 0.15) is 18.1 Å². The smallest absolute Gasteiger partial charge is 0.134 e. The molecule has 0 saturated carbocycles.